The topological polar surface area (TPSA) is 48.3 Å². The molecule has 0 fully saturated rings. The summed E-state index contributed by atoms with van der Waals surface area (Å²) in [6.07, 6.45) is 5.46. The summed E-state index contributed by atoms with van der Waals surface area (Å²) >= 11 is 0. The first-order valence-electron chi connectivity index (χ1n) is 6.09. The summed E-state index contributed by atoms with van der Waals surface area (Å²) in [4.78, 5) is 4.03. The van der Waals surface area contributed by atoms with Crippen molar-refractivity contribution in [2.24, 2.45) is 0 Å². The van der Waals surface area contributed by atoms with Crippen molar-refractivity contribution in [3.8, 4) is 5.69 Å². The maximum Gasteiger partial charge on any atom is 0.224 e. The minimum absolute atomic E-state index is 0.669. The van der Waals surface area contributed by atoms with E-state index in [1.807, 2.05) is 17.7 Å². The van der Waals surface area contributed by atoms with Gasteiger partial charge in [-0.3, -0.25) is 5.32 Å². The van der Waals surface area contributed by atoms with Gasteiger partial charge in [-0.15, -0.1) is 0 Å². The summed E-state index contributed by atoms with van der Waals surface area (Å²) in [5.41, 5.74) is 2.24. The molecule has 0 saturated heterocycles. The van der Waals surface area contributed by atoms with Gasteiger partial charge in [0.15, 0.2) is 0 Å². The second-order valence-corrected chi connectivity index (χ2v) is 4.34. The van der Waals surface area contributed by atoms with Crippen molar-refractivity contribution >= 4 is 0 Å². The third-order valence-corrected chi connectivity index (χ3v) is 3.13. The van der Waals surface area contributed by atoms with E-state index in [9.17, 15) is 0 Å². The number of ether oxygens (including phenoxy) is 2. The molecular weight excluding hydrogens is 242 g/mol. The summed E-state index contributed by atoms with van der Waals surface area (Å²) in [6, 6.07) is 8.23. The summed E-state index contributed by atoms with van der Waals surface area (Å²) in [6.45, 7) is 2.51. The molecule has 0 radical (unpaired) electrons. The van der Waals surface area contributed by atoms with Gasteiger partial charge >= 0.3 is 0 Å². The van der Waals surface area contributed by atoms with Gasteiger partial charge in [0.05, 0.1) is 6.33 Å². The first-order chi connectivity index (χ1) is 9.17. The van der Waals surface area contributed by atoms with E-state index in [0.29, 0.717) is 6.54 Å². The van der Waals surface area contributed by atoms with Gasteiger partial charge in [-0.25, -0.2) is 4.98 Å². The van der Waals surface area contributed by atoms with Crippen LogP contribution in [0.1, 0.15) is 12.5 Å². The van der Waals surface area contributed by atoms with Gasteiger partial charge in [-0.05, 0) is 17.7 Å². The minimum atomic E-state index is -0.761. The van der Waals surface area contributed by atoms with Crippen LogP contribution in [0, 0.1) is 0 Å². The number of nitrogens with zero attached hydrogens (tertiary/aromatic N) is 2. The van der Waals surface area contributed by atoms with Gasteiger partial charge < -0.3 is 14.0 Å². The second kappa shape index (κ2) is 5.97. The molecule has 0 bridgehead atoms. The molecule has 2 rings (SSSR count). The lowest BCUT2D eigenvalue weighted by molar-refractivity contribution is -0.215. The van der Waals surface area contributed by atoms with Crippen molar-refractivity contribution in [1.82, 2.24) is 14.9 Å². The molecule has 5 heteroatoms. The monoisotopic (exact) mass is 261 g/mol. The molecule has 1 aromatic heterocycles. The molecule has 0 aliphatic rings. The predicted molar refractivity (Wildman–Crippen MR) is 72.8 cm³/mol. The lowest BCUT2D eigenvalue weighted by atomic mass is 10.2. The molecule has 1 aromatic carbocycles. The molecule has 1 N–H and O–H groups in total. The first kappa shape index (κ1) is 13.7. The van der Waals surface area contributed by atoms with Gasteiger partial charge in [0.25, 0.3) is 0 Å². The van der Waals surface area contributed by atoms with E-state index in [0.717, 1.165) is 11.3 Å². The largest absolute Gasteiger partial charge is 0.341 e. The van der Waals surface area contributed by atoms with Crippen LogP contribution < -0.4 is 5.32 Å². The van der Waals surface area contributed by atoms with Crippen molar-refractivity contribution in [3.05, 3.63) is 48.5 Å². The van der Waals surface area contributed by atoms with Gasteiger partial charge in [0, 0.05) is 45.8 Å². The molecule has 0 spiro atoms. The number of imidazole rings is 1. The van der Waals surface area contributed by atoms with Gasteiger partial charge in [0.2, 0.25) is 5.91 Å². The standard InChI is InChI=1S/C14H19N3O2/c1-14(18-2,19-3)16-10-12-4-6-13(7-5-12)17-9-8-15-11-17/h4-9,11,16H,10H2,1-3H3. The van der Waals surface area contributed by atoms with Crippen LogP contribution in [0.2, 0.25) is 0 Å². The summed E-state index contributed by atoms with van der Waals surface area (Å²) in [7, 11) is 3.22. The van der Waals surface area contributed by atoms with Crippen LogP contribution >= 0.6 is 0 Å². The molecule has 0 amide bonds. The minimum Gasteiger partial charge on any atom is -0.341 e. The quantitative estimate of drug-likeness (QED) is 0.807. The van der Waals surface area contributed by atoms with Crippen LogP contribution in [-0.2, 0) is 16.0 Å². The molecule has 5 nitrogen and oxygen atoms in total. The van der Waals surface area contributed by atoms with Crippen LogP contribution in [0.3, 0.4) is 0 Å². The number of hydrogen-bond acceptors (Lipinski definition) is 4. The highest BCUT2D eigenvalue weighted by Gasteiger charge is 2.21. The molecule has 0 aliphatic carbocycles. The van der Waals surface area contributed by atoms with Gasteiger partial charge in [-0.2, -0.15) is 0 Å². The Labute approximate surface area is 113 Å². The Morgan fingerprint density at radius 1 is 1.21 bits per heavy atom. The average Bonchev–Trinajstić information content (AvgIpc) is 2.99. The Bertz CT molecular complexity index is 490. The molecule has 2 aromatic rings. The Morgan fingerprint density at radius 3 is 2.42 bits per heavy atom. The normalized spacial score (nSPS) is 11.7. The molecular formula is C14H19N3O2. The zero-order valence-corrected chi connectivity index (χ0v) is 11.5. The highest BCUT2D eigenvalue weighted by Crippen LogP contribution is 2.11. The van der Waals surface area contributed by atoms with Crippen LogP contribution in [0.4, 0.5) is 0 Å². The number of methoxy groups -OCH3 is 2. The van der Waals surface area contributed by atoms with E-state index < -0.39 is 5.91 Å². The van der Waals surface area contributed by atoms with Crippen molar-refractivity contribution in [2.45, 2.75) is 19.4 Å². The molecule has 0 atom stereocenters. The molecule has 0 unspecified atom stereocenters. The second-order valence-electron chi connectivity index (χ2n) is 4.34. The van der Waals surface area contributed by atoms with Crippen molar-refractivity contribution < 1.29 is 9.47 Å². The third kappa shape index (κ3) is 3.41. The van der Waals surface area contributed by atoms with Crippen LogP contribution in [-0.4, -0.2) is 29.7 Å². The Morgan fingerprint density at radius 2 is 1.89 bits per heavy atom. The smallest absolute Gasteiger partial charge is 0.224 e. The van der Waals surface area contributed by atoms with Gasteiger partial charge in [-0.1, -0.05) is 12.1 Å². The molecule has 1 heterocycles. The summed E-state index contributed by atoms with van der Waals surface area (Å²) in [5.74, 6) is -0.761. The summed E-state index contributed by atoms with van der Waals surface area (Å²) < 4.78 is 12.5. The average molecular weight is 261 g/mol. The van der Waals surface area contributed by atoms with Crippen LogP contribution in [0.5, 0.6) is 0 Å². The van der Waals surface area contributed by atoms with E-state index >= 15 is 0 Å². The maximum atomic E-state index is 5.25. The Balaban J connectivity index is 2.00. The van der Waals surface area contributed by atoms with E-state index in [-0.39, 0.29) is 0 Å². The number of nitrogens with one attached hydrogen (secondary N) is 1. The van der Waals surface area contributed by atoms with E-state index in [4.69, 9.17) is 9.47 Å². The fourth-order valence-electron chi connectivity index (χ4n) is 1.69. The number of rotatable bonds is 6. The maximum absolute atomic E-state index is 5.25. The van der Waals surface area contributed by atoms with E-state index in [2.05, 4.69) is 34.6 Å². The van der Waals surface area contributed by atoms with Crippen molar-refractivity contribution in [1.29, 1.82) is 0 Å². The van der Waals surface area contributed by atoms with Crippen LogP contribution in [0.15, 0.2) is 43.0 Å². The summed E-state index contributed by atoms with van der Waals surface area (Å²) in [5, 5.41) is 3.20. The fraction of sp³-hybridized carbons (Fsp3) is 0.357. The highest BCUT2D eigenvalue weighted by atomic mass is 16.7. The van der Waals surface area contributed by atoms with Crippen molar-refractivity contribution in [2.75, 3.05) is 14.2 Å². The lowest BCUT2D eigenvalue weighted by Crippen LogP contribution is -2.45. The third-order valence-electron chi connectivity index (χ3n) is 3.13. The molecule has 0 aliphatic heterocycles. The Hall–Kier alpha value is -1.69. The first-order valence-corrected chi connectivity index (χ1v) is 6.09. The molecule has 19 heavy (non-hydrogen) atoms. The Kier molecular flexibility index (Phi) is 4.31. The number of aromatic nitrogens is 2. The molecule has 102 valence electrons. The fourth-order valence-corrected chi connectivity index (χ4v) is 1.69. The van der Waals surface area contributed by atoms with E-state index in [1.54, 1.807) is 26.7 Å². The lowest BCUT2D eigenvalue weighted by Gasteiger charge is -2.27. The van der Waals surface area contributed by atoms with Crippen LogP contribution in [0.25, 0.3) is 5.69 Å². The highest BCUT2D eigenvalue weighted by molar-refractivity contribution is 5.34. The molecule has 0 saturated carbocycles. The van der Waals surface area contributed by atoms with E-state index in [1.165, 1.54) is 0 Å². The number of hydrogen-bond donors (Lipinski definition) is 1. The predicted octanol–water partition coefficient (Wildman–Crippen LogP) is 1.93. The van der Waals surface area contributed by atoms with Crippen molar-refractivity contribution in [3.63, 3.8) is 0 Å². The SMILES string of the molecule is COC(C)(NCc1ccc(-n2ccnc2)cc1)OC. The zero-order chi connectivity index (χ0) is 13.7. The number of benzene rings is 1. The zero-order valence-electron chi connectivity index (χ0n) is 11.5. The van der Waals surface area contributed by atoms with Gasteiger partial charge in [0.1, 0.15) is 0 Å².